The molecule has 0 aliphatic carbocycles. The largest absolute Gasteiger partial charge is 0.479 e. The number of urea groups is 1. The van der Waals surface area contributed by atoms with Gasteiger partial charge in [0.25, 0.3) is 0 Å². The van der Waals surface area contributed by atoms with Crippen molar-refractivity contribution in [3.8, 4) is 0 Å². The van der Waals surface area contributed by atoms with E-state index in [9.17, 15) is 22.8 Å². The Bertz CT molecular complexity index is 519. The van der Waals surface area contributed by atoms with E-state index < -0.39 is 29.8 Å². The third-order valence-electron chi connectivity index (χ3n) is 2.46. The molecule has 1 atom stereocenters. The average molecular weight is 306 g/mol. The predicted molar refractivity (Wildman–Crippen MR) is 66.9 cm³/mol. The highest BCUT2D eigenvalue weighted by Gasteiger charge is 2.30. The molecule has 0 saturated heterocycles. The number of halogens is 3. The number of hydrogen-bond donors (Lipinski definition) is 3. The molecule has 1 unspecified atom stereocenters. The number of ether oxygens (including phenoxy) is 1. The van der Waals surface area contributed by atoms with Crippen LogP contribution in [0.2, 0.25) is 0 Å². The van der Waals surface area contributed by atoms with Crippen LogP contribution in [0, 0.1) is 0 Å². The van der Waals surface area contributed by atoms with Gasteiger partial charge in [0, 0.05) is 12.8 Å². The number of carboxylic acids is 1. The van der Waals surface area contributed by atoms with Crippen molar-refractivity contribution in [1.82, 2.24) is 5.32 Å². The lowest BCUT2D eigenvalue weighted by Crippen LogP contribution is -2.39. The number of amides is 2. The van der Waals surface area contributed by atoms with E-state index in [-0.39, 0.29) is 12.2 Å². The lowest BCUT2D eigenvalue weighted by molar-refractivity contribution is -0.148. The SMILES string of the molecule is COC(CNC(=O)Nc1cccc(C(F)(F)F)c1)C(=O)O. The third kappa shape index (κ3) is 5.30. The zero-order valence-electron chi connectivity index (χ0n) is 10.9. The van der Waals surface area contributed by atoms with Crippen molar-refractivity contribution in [3.05, 3.63) is 29.8 Å². The lowest BCUT2D eigenvalue weighted by Gasteiger charge is -2.13. The molecule has 0 radical (unpaired) electrons. The van der Waals surface area contributed by atoms with Crippen LogP contribution in [0.4, 0.5) is 23.7 Å². The smallest absolute Gasteiger partial charge is 0.416 e. The zero-order chi connectivity index (χ0) is 16.0. The highest BCUT2D eigenvalue weighted by Crippen LogP contribution is 2.30. The fourth-order valence-corrected chi connectivity index (χ4v) is 1.41. The molecule has 1 aromatic rings. The maximum absolute atomic E-state index is 12.5. The molecule has 0 fully saturated rings. The first-order valence-electron chi connectivity index (χ1n) is 5.71. The van der Waals surface area contributed by atoms with Gasteiger partial charge in [-0.05, 0) is 18.2 Å². The second kappa shape index (κ2) is 6.93. The van der Waals surface area contributed by atoms with Crippen molar-refractivity contribution in [3.63, 3.8) is 0 Å². The number of rotatable bonds is 5. The Labute approximate surface area is 117 Å². The number of benzene rings is 1. The van der Waals surface area contributed by atoms with Crippen molar-refractivity contribution in [2.24, 2.45) is 0 Å². The normalized spacial score (nSPS) is 12.6. The van der Waals surface area contributed by atoms with Crippen molar-refractivity contribution in [2.75, 3.05) is 19.0 Å². The third-order valence-corrected chi connectivity index (χ3v) is 2.46. The van der Waals surface area contributed by atoms with Gasteiger partial charge in [0.15, 0.2) is 6.10 Å². The number of hydrogen-bond acceptors (Lipinski definition) is 3. The van der Waals surface area contributed by atoms with Gasteiger partial charge in [-0.1, -0.05) is 6.07 Å². The molecule has 2 amide bonds. The first-order valence-corrected chi connectivity index (χ1v) is 5.71. The van der Waals surface area contributed by atoms with Crippen molar-refractivity contribution in [1.29, 1.82) is 0 Å². The second-order valence-electron chi connectivity index (χ2n) is 3.98. The molecule has 21 heavy (non-hydrogen) atoms. The Hall–Kier alpha value is -2.29. The molecule has 6 nitrogen and oxygen atoms in total. The van der Waals surface area contributed by atoms with Crippen LogP contribution >= 0.6 is 0 Å². The van der Waals surface area contributed by atoms with E-state index in [0.717, 1.165) is 25.3 Å². The summed E-state index contributed by atoms with van der Waals surface area (Å²) in [5.41, 5.74) is -0.966. The number of alkyl halides is 3. The minimum atomic E-state index is -4.52. The van der Waals surface area contributed by atoms with Gasteiger partial charge >= 0.3 is 18.2 Å². The quantitative estimate of drug-likeness (QED) is 0.775. The first-order chi connectivity index (χ1) is 9.74. The van der Waals surface area contributed by atoms with Crippen LogP contribution in [0.15, 0.2) is 24.3 Å². The Morgan fingerprint density at radius 1 is 1.38 bits per heavy atom. The monoisotopic (exact) mass is 306 g/mol. The lowest BCUT2D eigenvalue weighted by atomic mass is 10.2. The van der Waals surface area contributed by atoms with Crippen molar-refractivity contribution < 1.29 is 32.6 Å². The first kappa shape index (κ1) is 16.8. The fourth-order valence-electron chi connectivity index (χ4n) is 1.41. The molecule has 9 heteroatoms. The molecular weight excluding hydrogens is 293 g/mol. The number of carbonyl (C=O) groups is 2. The van der Waals surface area contributed by atoms with E-state index >= 15 is 0 Å². The minimum Gasteiger partial charge on any atom is -0.479 e. The van der Waals surface area contributed by atoms with E-state index in [1.807, 2.05) is 0 Å². The summed E-state index contributed by atoms with van der Waals surface area (Å²) in [7, 11) is 1.16. The summed E-state index contributed by atoms with van der Waals surface area (Å²) in [5.74, 6) is -1.27. The molecule has 116 valence electrons. The van der Waals surface area contributed by atoms with E-state index in [1.54, 1.807) is 0 Å². The second-order valence-corrected chi connectivity index (χ2v) is 3.98. The molecule has 1 rings (SSSR count). The molecule has 0 aliphatic heterocycles. The van der Waals surface area contributed by atoms with Crippen LogP contribution in [0.3, 0.4) is 0 Å². The van der Waals surface area contributed by atoms with E-state index in [0.29, 0.717) is 0 Å². The zero-order valence-corrected chi connectivity index (χ0v) is 10.9. The summed E-state index contributed by atoms with van der Waals surface area (Å²) in [5, 5.41) is 13.0. The van der Waals surface area contributed by atoms with Gasteiger partial charge in [-0.2, -0.15) is 13.2 Å². The molecule has 0 saturated carbocycles. The van der Waals surface area contributed by atoms with E-state index in [1.165, 1.54) is 6.07 Å². The van der Waals surface area contributed by atoms with Crippen molar-refractivity contribution in [2.45, 2.75) is 12.3 Å². The van der Waals surface area contributed by atoms with Gasteiger partial charge in [-0.25, -0.2) is 9.59 Å². The summed E-state index contributed by atoms with van der Waals surface area (Å²) in [6, 6.07) is 3.23. The van der Waals surface area contributed by atoms with Crippen LogP contribution in [0.1, 0.15) is 5.56 Å². The van der Waals surface area contributed by atoms with Gasteiger partial charge in [-0.3, -0.25) is 0 Å². The molecular formula is C12H13F3N2O4. The Morgan fingerprint density at radius 3 is 2.57 bits per heavy atom. The van der Waals surface area contributed by atoms with Gasteiger partial charge in [0.1, 0.15) is 0 Å². The summed E-state index contributed by atoms with van der Waals surface area (Å²) >= 11 is 0. The maximum Gasteiger partial charge on any atom is 0.416 e. The molecule has 1 aromatic carbocycles. The summed E-state index contributed by atoms with van der Waals surface area (Å²) in [6.07, 6.45) is -5.75. The minimum absolute atomic E-state index is 0.0633. The fraction of sp³-hybridized carbons (Fsp3) is 0.333. The van der Waals surface area contributed by atoms with E-state index in [2.05, 4.69) is 15.4 Å². The Morgan fingerprint density at radius 2 is 2.05 bits per heavy atom. The Balaban J connectivity index is 2.61. The van der Waals surface area contributed by atoms with Gasteiger partial charge < -0.3 is 20.5 Å². The van der Waals surface area contributed by atoms with Crippen LogP contribution in [0.5, 0.6) is 0 Å². The number of carbonyl (C=O) groups excluding carboxylic acids is 1. The molecule has 0 spiro atoms. The summed E-state index contributed by atoms with van der Waals surface area (Å²) in [4.78, 5) is 22.1. The molecule has 0 bridgehead atoms. The topological polar surface area (TPSA) is 87.7 Å². The van der Waals surface area contributed by atoms with Crippen LogP contribution in [-0.2, 0) is 15.7 Å². The number of anilines is 1. The number of nitrogens with one attached hydrogen (secondary N) is 2. The summed E-state index contributed by atoms with van der Waals surface area (Å²) < 4.78 is 42.0. The highest BCUT2D eigenvalue weighted by atomic mass is 19.4. The molecule has 0 aromatic heterocycles. The van der Waals surface area contributed by atoms with Gasteiger partial charge in [0.05, 0.1) is 12.1 Å². The highest BCUT2D eigenvalue weighted by molar-refractivity contribution is 5.89. The predicted octanol–water partition coefficient (Wildman–Crippen LogP) is 1.93. The number of carboxylic acid groups (broad SMARTS) is 1. The standard InChI is InChI=1S/C12H13F3N2O4/c1-21-9(10(18)19)6-16-11(20)17-8-4-2-3-7(5-8)12(13,14)15/h2-5,9H,6H2,1H3,(H,18,19)(H2,16,17,20). The molecule has 3 N–H and O–H groups in total. The van der Waals surface area contributed by atoms with Crippen LogP contribution < -0.4 is 10.6 Å². The number of methoxy groups -OCH3 is 1. The Kier molecular flexibility index (Phi) is 5.53. The van der Waals surface area contributed by atoms with Crippen LogP contribution in [0.25, 0.3) is 0 Å². The van der Waals surface area contributed by atoms with Crippen molar-refractivity contribution >= 4 is 17.7 Å². The van der Waals surface area contributed by atoms with E-state index in [4.69, 9.17) is 5.11 Å². The van der Waals surface area contributed by atoms with Gasteiger partial charge in [-0.15, -0.1) is 0 Å². The molecule has 0 aliphatic rings. The average Bonchev–Trinajstić information content (AvgIpc) is 2.38. The van der Waals surface area contributed by atoms with Gasteiger partial charge in [0.2, 0.25) is 0 Å². The number of aliphatic carboxylic acids is 1. The van der Waals surface area contributed by atoms with Crippen LogP contribution in [-0.4, -0.2) is 36.9 Å². The molecule has 0 heterocycles. The maximum atomic E-state index is 12.5. The summed E-state index contributed by atoms with van der Waals surface area (Å²) in [6.45, 7) is -0.323.